The van der Waals surface area contributed by atoms with Crippen LogP contribution in [0.4, 0.5) is 0 Å². The molecule has 1 aromatic heterocycles. The van der Waals surface area contributed by atoms with Crippen LogP contribution in [0.3, 0.4) is 0 Å². The van der Waals surface area contributed by atoms with Crippen LogP contribution in [0.25, 0.3) is 0 Å². The van der Waals surface area contributed by atoms with Gasteiger partial charge in [-0.3, -0.25) is 9.89 Å². The Hall–Kier alpha value is -1.79. The minimum atomic E-state index is 0.167. The summed E-state index contributed by atoms with van der Waals surface area (Å²) in [6.45, 7) is 10.4. The van der Waals surface area contributed by atoms with E-state index in [9.17, 15) is 0 Å². The van der Waals surface area contributed by atoms with Crippen LogP contribution in [-0.2, 0) is 4.74 Å². The molecule has 1 fully saturated rings. The third-order valence-corrected chi connectivity index (χ3v) is 3.68. The summed E-state index contributed by atoms with van der Waals surface area (Å²) in [4.78, 5) is 6.60. The number of guanidine groups is 1. The van der Waals surface area contributed by atoms with Crippen LogP contribution < -0.4 is 10.6 Å². The van der Waals surface area contributed by atoms with E-state index in [1.54, 1.807) is 7.05 Å². The fourth-order valence-electron chi connectivity index (χ4n) is 2.51. The van der Waals surface area contributed by atoms with Crippen molar-refractivity contribution in [2.75, 3.05) is 46.4 Å². The summed E-state index contributed by atoms with van der Waals surface area (Å²) in [5.74, 6) is 2.68. The lowest BCUT2D eigenvalue weighted by molar-refractivity contribution is 0.0124. The van der Waals surface area contributed by atoms with Gasteiger partial charge in [0, 0.05) is 33.2 Å². The van der Waals surface area contributed by atoms with Gasteiger partial charge in [0.2, 0.25) is 0 Å². The average molecular weight is 306 g/mol. The summed E-state index contributed by atoms with van der Waals surface area (Å²) >= 11 is 0. The zero-order valence-electron chi connectivity index (χ0n) is 13.5. The van der Waals surface area contributed by atoms with Gasteiger partial charge >= 0.3 is 0 Å². The molecule has 0 saturated carbocycles. The van der Waals surface area contributed by atoms with Gasteiger partial charge in [0.1, 0.15) is 11.5 Å². The highest BCUT2D eigenvalue weighted by molar-refractivity contribution is 5.79. The Morgan fingerprint density at radius 1 is 1.41 bits per heavy atom. The largest absolute Gasteiger partial charge is 0.465 e. The lowest BCUT2D eigenvalue weighted by Crippen LogP contribution is -2.46. The van der Waals surface area contributed by atoms with E-state index < -0.39 is 0 Å². The van der Waals surface area contributed by atoms with Crippen molar-refractivity contribution in [2.45, 2.75) is 13.0 Å². The van der Waals surface area contributed by atoms with Gasteiger partial charge in [-0.2, -0.15) is 0 Å². The maximum absolute atomic E-state index is 5.85. The number of furan rings is 1. The van der Waals surface area contributed by atoms with Crippen molar-refractivity contribution in [3.05, 3.63) is 36.3 Å². The summed E-state index contributed by atoms with van der Waals surface area (Å²) in [5.41, 5.74) is 0. The van der Waals surface area contributed by atoms with Gasteiger partial charge < -0.3 is 19.8 Å². The van der Waals surface area contributed by atoms with Gasteiger partial charge in [0.05, 0.1) is 19.3 Å². The summed E-state index contributed by atoms with van der Waals surface area (Å²) in [6, 6.07) is 4.23. The standard InChI is InChI=1S/C16H26N4O2/c1-4-7-18-16(17-3)19-12-14(15-6-5-13(2)22-15)20-8-10-21-11-9-20/h4-6,14H,1,7-12H2,2-3H3,(H2,17,18,19). The van der Waals surface area contributed by atoms with Crippen LogP contribution in [0, 0.1) is 6.92 Å². The Balaban J connectivity index is 2.02. The summed E-state index contributed by atoms with van der Waals surface area (Å²) < 4.78 is 11.3. The number of rotatable bonds is 6. The van der Waals surface area contributed by atoms with E-state index in [0.717, 1.165) is 50.3 Å². The highest BCUT2D eigenvalue weighted by Crippen LogP contribution is 2.23. The van der Waals surface area contributed by atoms with E-state index >= 15 is 0 Å². The molecule has 2 rings (SSSR count). The lowest BCUT2D eigenvalue weighted by Gasteiger charge is -2.33. The Bertz CT molecular complexity index is 492. The van der Waals surface area contributed by atoms with Crippen LogP contribution in [0.1, 0.15) is 17.6 Å². The van der Waals surface area contributed by atoms with Crippen LogP contribution in [-0.4, -0.2) is 57.3 Å². The fraction of sp³-hybridized carbons (Fsp3) is 0.562. The lowest BCUT2D eigenvalue weighted by atomic mass is 10.1. The molecular weight excluding hydrogens is 280 g/mol. The summed E-state index contributed by atoms with van der Waals surface area (Å²) in [7, 11) is 1.76. The van der Waals surface area contributed by atoms with Gasteiger partial charge in [-0.05, 0) is 19.1 Å². The van der Waals surface area contributed by atoms with Gasteiger partial charge in [-0.15, -0.1) is 6.58 Å². The molecule has 1 atom stereocenters. The second-order valence-corrected chi connectivity index (χ2v) is 5.24. The second kappa shape index (κ2) is 8.60. The number of nitrogens with one attached hydrogen (secondary N) is 2. The Labute approximate surface area is 132 Å². The minimum Gasteiger partial charge on any atom is -0.465 e. The number of hydrogen-bond donors (Lipinski definition) is 2. The fourth-order valence-corrected chi connectivity index (χ4v) is 2.51. The smallest absolute Gasteiger partial charge is 0.191 e. The summed E-state index contributed by atoms with van der Waals surface area (Å²) in [6.07, 6.45) is 1.81. The molecule has 6 heteroatoms. The zero-order chi connectivity index (χ0) is 15.8. The number of aliphatic imine (C=N–C) groups is 1. The van der Waals surface area contributed by atoms with Crippen molar-refractivity contribution < 1.29 is 9.15 Å². The number of nitrogens with zero attached hydrogens (tertiary/aromatic N) is 2. The molecule has 0 bridgehead atoms. The number of ether oxygens (including phenoxy) is 1. The molecule has 6 nitrogen and oxygen atoms in total. The van der Waals surface area contributed by atoms with Gasteiger partial charge in [-0.25, -0.2) is 0 Å². The molecule has 1 saturated heterocycles. The topological polar surface area (TPSA) is 62.0 Å². The molecule has 22 heavy (non-hydrogen) atoms. The molecule has 0 aromatic carbocycles. The van der Waals surface area contributed by atoms with Crippen LogP contribution >= 0.6 is 0 Å². The highest BCUT2D eigenvalue weighted by Gasteiger charge is 2.25. The van der Waals surface area contributed by atoms with Crippen molar-refractivity contribution in [1.29, 1.82) is 0 Å². The Morgan fingerprint density at radius 2 is 2.18 bits per heavy atom. The molecule has 122 valence electrons. The molecule has 2 N–H and O–H groups in total. The molecule has 1 unspecified atom stereocenters. The van der Waals surface area contributed by atoms with E-state index in [1.807, 2.05) is 19.1 Å². The molecule has 0 aliphatic carbocycles. The normalized spacial score (nSPS) is 18.0. The zero-order valence-corrected chi connectivity index (χ0v) is 13.5. The number of morpholine rings is 1. The maximum Gasteiger partial charge on any atom is 0.191 e. The molecular formula is C16H26N4O2. The molecule has 2 heterocycles. The minimum absolute atomic E-state index is 0.167. The third kappa shape index (κ3) is 4.61. The highest BCUT2D eigenvalue weighted by atomic mass is 16.5. The molecule has 0 spiro atoms. The first-order valence-corrected chi connectivity index (χ1v) is 7.68. The third-order valence-electron chi connectivity index (χ3n) is 3.68. The predicted molar refractivity (Wildman–Crippen MR) is 88.1 cm³/mol. The van der Waals surface area contributed by atoms with Crippen LogP contribution in [0.2, 0.25) is 0 Å². The van der Waals surface area contributed by atoms with E-state index in [1.165, 1.54) is 0 Å². The Kier molecular flexibility index (Phi) is 6.48. The van der Waals surface area contributed by atoms with Crippen molar-refractivity contribution >= 4 is 5.96 Å². The first-order valence-electron chi connectivity index (χ1n) is 7.68. The van der Waals surface area contributed by atoms with Crippen molar-refractivity contribution in [3.63, 3.8) is 0 Å². The maximum atomic E-state index is 5.85. The van der Waals surface area contributed by atoms with Gasteiger partial charge in [-0.1, -0.05) is 6.08 Å². The average Bonchev–Trinajstić information content (AvgIpc) is 2.98. The van der Waals surface area contributed by atoms with Crippen molar-refractivity contribution in [3.8, 4) is 0 Å². The first kappa shape index (κ1) is 16.6. The molecule has 0 radical (unpaired) electrons. The molecule has 1 aliphatic rings. The first-order chi connectivity index (χ1) is 10.7. The van der Waals surface area contributed by atoms with Crippen molar-refractivity contribution in [2.24, 2.45) is 4.99 Å². The van der Waals surface area contributed by atoms with Gasteiger partial charge in [0.25, 0.3) is 0 Å². The Morgan fingerprint density at radius 3 is 2.77 bits per heavy atom. The van der Waals surface area contributed by atoms with Crippen molar-refractivity contribution in [1.82, 2.24) is 15.5 Å². The van der Waals surface area contributed by atoms with E-state index in [0.29, 0.717) is 6.54 Å². The number of hydrogen-bond acceptors (Lipinski definition) is 4. The van der Waals surface area contributed by atoms with Crippen LogP contribution in [0.15, 0.2) is 34.2 Å². The molecule has 1 aliphatic heterocycles. The molecule has 0 amide bonds. The van der Waals surface area contributed by atoms with E-state index in [2.05, 4.69) is 33.2 Å². The summed E-state index contributed by atoms with van der Waals surface area (Å²) in [5, 5.41) is 6.54. The van der Waals surface area contributed by atoms with E-state index in [4.69, 9.17) is 9.15 Å². The quantitative estimate of drug-likeness (QED) is 0.471. The SMILES string of the molecule is C=CCNC(=NC)NCC(c1ccc(C)o1)N1CCOCC1. The monoisotopic (exact) mass is 306 g/mol. The van der Waals surface area contributed by atoms with Crippen LogP contribution in [0.5, 0.6) is 0 Å². The predicted octanol–water partition coefficient (Wildman–Crippen LogP) is 1.31. The van der Waals surface area contributed by atoms with E-state index in [-0.39, 0.29) is 6.04 Å². The second-order valence-electron chi connectivity index (χ2n) is 5.24. The molecule has 1 aromatic rings. The number of aryl methyl sites for hydroxylation is 1. The van der Waals surface area contributed by atoms with Gasteiger partial charge in [0.15, 0.2) is 5.96 Å².